The average Bonchev–Trinajstić information content (AvgIpc) is 3.10. The molecule has 2 rings (SSSR count). The van der Waals surface area contributed by atoms with Crippen LogP contribution >= 0.6 is 11.6 Å². The van der Waals surface area contributed by atoms with Gasteiger partial charge in [0.05, 0.1) is 17.9 Å². The smallest absolute Gasteiger partial charge is 0.245 e. The van der Waals surface area contributed by atoms with Gasteiger partial charge in [0.25, 0.3) is 0 Å². The van der Waals surface area contributed by atoms with Crippen molar-refractivity contribution in [2.75, 3.05) is 18.4 Å². The number of carbonyl (C=O) groups excluding carboxylic acids is 2. The number of halogens is 1. The lowest BCUT2D eigenvalue weighted by Gasteiger charge is -2.22. The zero-order valence-electron chi connectivity index (χ0n) is 18.7. The molecule has 0 saturated heterocycles. The lowest BCUT2D eigenvalue weighted by atomic mass is 9.92. The highest BCUT2D eigenvalue weighted by Crippen LogP contribution is 2.26. The van der Waals surface area contributed by atoms with Gasteiger partial charge in [-0.05, 0) is 37.1 Å². The molecule has 2 aromatic rings. The zero-order chi connectivity index (χ0) is 22.3. The summed E-state index contributed by atoms with van der Waals surface area (Å²) >= 11 is 6.02. The van der Waals surface area contributed by atoms with Crippen molar-refractivity contribution in [3.8, 4) is 5.69 Å². The van der Waals surface area contributed by atoms with Crippen molar-refractivity contribution in [2.45, 2.75) is 65.7 Å². The molecule has 2 amide bonds. The number of rotatable bonds is 9. The van der Waals surface area contributed by atoms with Crippen molar-refractivity contribution in [3.63, 3.8) is 0 Å². The Labute approximate surface area is 184 Å². The first-order valence-corrected chi connectivity index (χ1v) is 11.0. The van der Waals surface area contributed by atoms with Gasteiger partial charge in [-0.1, -0.05) is 52.6 Å². The third kappa shape index (κ3) is 6.59. The van der Waals surface area contributed by atoms with E-state index in [0.29, 0.717) is 23.8 Å². The molecule has 0 aliphatic rings. The van der Waals surface area contributed by atoms with Crippen LogP contribution in [0.1, 0.15) is 66.0 Å². The molecule has 164 valence electrons. The van der Waals surface area contributed by atoms with Crippen LogP contribution in [0.5, 0.6) is 0 Å². The minimum Gasteiger partial charge on any atom is -0.333 e. The van der Waals surface area contributed by atoms with E-state index in [-0.39, 0.29) is 23.8 Å². The SMILES string of the molecule is CCCCN(CC(=O)Nc1cc(C(C)(C)C)nn1-c1ccc(Cl)cc1)C(=O)CCC. The normalized spacial score (nSPS) is 11.4. The third-order valence-corrected chi connectivity index (χ3v) is 5.00. The standard InChI is InChI=1S/C23H33ClN4O2/c1-6-8-14-27(22(30)9-7-2)16-21(29)25-20-15-19(23(3,4)5)26-28(20)18-12-10-17(24)11-13-18/h10-13,15H,6-9,14,16H2,1-5H3,(H,25,29). The van der Waals surface area contributed by atoms with Gasteiger partial charge in [-0.15, -0.1) is 0 Å². The lowest BCUT2D eigenvalue weighted by Crippen LogP contribution is -2.38. The molecular weight excluding hydrogens is 400 g/mol. The fraction of sp³-hybridized carbons (Fsp3) is 0.522. The van der Waals surface area contributed by atoms with Gasteiger partial charge in [-0.25, -0.2) is 4.68 Å². The number of aromatic nitrogens is 2. The van der Waals surface area contributed by atoms with Crippen molar-refractivity contribution in [3.05, 3.63) is 41.0 Å². The van der Waals surface area contributed by atoms with E-state index in [1.807, 2.05) is 25.1 Å². The molecule has 0 aliphatic carbocycles. The summed E-state index contributed by atoms with van der Waals surface area (Å²) < 4.78 is 1.71. The minimum atomic E-state index is -0.230. The molecule has 0 spiro atoms. The van der Waals surface area contributed by atoms with E-state index in [1.54, 1.807) is 21.7 Å². The van der Waals surface area contributed by atoms with Crippen LogP contribution in [0, 0.1) is 0 Å². The van der Waals surface area contributed by atoms with Crippen LogP contribution in [0.15, 0.2) is 30.3 Å². The molecule has 0 atom stereocenters. The van der Waals surface area contributed by atoms with E-state index in [4.69, 9.17) is 16.7 Å². The fourth-order valence-corrected chi connectivity index (χ4v) is 3.11. The van der Waals surface area contributed by atoms with Gasteiger partial charge >= 0.3 is 0 Å². The quantitative estimate of drug-likeness (QED) is 0.592. The van der Waals surface area contributed by atoms with E-state index < -0.39 is 0 Å². The summed E-state index contributed by atoms with van der Waals surface area (Å²) in [4.78, 5) is 26.9. The molecule has 30 heavy (non-hydrogen) atoms. The molecule has 0 radical (unpaired) electrons. The van der Waals surface area contributed by atoms with Crippen LogP contribution in [-0.2, 0) is 15.0 Å². The molecule has 1 heterocycles. The zero-order valence-corrected chi connectivity index (χ0v) is 19.4. The highest BCUT2D eigenvalue weighted by molar-refractivity contribution is 6.30. The number of benzene rings is 1. The number of hydrogen-bond acceptors (Lipinski definition) is 3. The molecule has 0 aliphatic heterocycles. The first kappa shape index (κ1) is 23.9. The molecule has 1 N–H and O–H groups in total. The van der Waals surface area contributed by atoms with Gasteiger partial charge < -0.3 is 10.2 Å². The minimum absolute atomic E-state index is 0.0164. The summed E-state index contributed by atoms with van der Waals surface area (Å²) in [5.41, 5.74) is 1.48. The van der Waals surface area contributed by atoms with Crippen LogP contribution in [0.3, 0.4) is 0 Å². The highest BCUT2D eigenvalue weighted by Gasteiger charge is 2.23. The Morgan fingerprint density at radius 3 is 2.37 bits per heavy atom. The second-order valence-electron chi connectivity index (χ2n) is 8.52. The van der Waals surface area contributed by atoms with Gasteiger partial charge in [0, 0.05) is 29.5 Å². The number of nitrogens with zero attached hydrogens (tertiary/aromatic N) is 3. The Morgan fingerprint density at radius 2 is 1.80 bits per heavy atom. The van der Waals surface area contributed by atoms with Crippen LogP contribution in [0.25, 0.3) is 5.69 Å². The van der Waals surface area contributed by atoms with Crippen LogP contribution in [0.2, 0.25) is 5.02 Å². The molecule has 1 aromatic carbocycles. The third-order valence-electron chi connectivity index (χ3n) is 4.75. The predicted molar refractivity (Wildman–Crippen MR) is 122 cm³/mol. The number of hydrogen-bond donors (Lipinski definition) is 1. The second kappa shape index (κ2) is 10.6. The Kier molecular flexibility index (Phi) is 8.47. The monoisotopic (exact) mass is 432 g/mol. The number of anilines is 1. The van der Waals surface area contributed by atoms with Crippen LogP contribution in [0.4, 0.5) is 5.82 Å². The maximum atomic E-state index is 12.8. The topological polar surface area (TPSA) is 67.2 Å². The summed E-state index contributed by atoms with van der Waals surface area (Å²) in [5, 5.41) is 8.29. The summed E-state index contributed by atoms with van der Waals surface area (Å²) in [6.07, 6.45) is 3.06. The summed E-state index contributed by atoms with van der Waals surface area (Å²) in [5.74, 6) is 0.361. The maximum absolute atomic E-state index is 12.8. The Bertz CT molecular complexity index is 853. The number of nitrogens with one attached hydrogen (secondary N) is 1. The van der Waals surface area contributed by atoms with Gasteiger partial charge in [0.1, 0.15) is 5.82 Å². The van der Waals surface area contributed by atoms with E-state index >= 15 is 0 Å². The van der Waals surface area contributed by atoms with Crippen LogP contribution < -0.4 is 5.32 Å². The number of carbonyl (C=O) groups is 2. The summed E-state index contributed by atoms with van der Waals surface area (Å²) in [6.45, 7) is 10.9. The largest absolute Gasteiger partial charge is 0.333 e. The van der Waals surface area contributed by atoms with Crippen molar-refractivity contribution >= 4 is 29.2 Å². The molecule has 0 fully saturated rings. The molecule has 0 bridgehead atoms. The molecule has 1 aromatic heterocycles. The molecular formula is C23H33ClN4O2. The Hall–Kier alpha value is -2.34. The maximum Gasteiger partial charge on any atom is 0.245 e. The Balaban J connectivity index is 2.26. The first-order valence-electron chi connectivity index (χ1n) is 10.6. The van der Waals surface area contributed by atoms with E-state index in [0.717, 1.165) is 30.6 Å². The van der Waals surface area contributed by atoms with Crippen molar-refractivity contribution in [1.82, 2.24) is 14.7 Å². The van der Waals surface area contributed by atoms with Gasteiger partial charge in [-0.2, -0.15) is 5.10 Å². The highest BCUT2D eigenvalue weighted by atomic mass is 35.5. The Morgan fingerprint density at radius 1 is 1.13 bits per heavy atom. The van der Waals surface area contributed by atoms with Gasteiger partial charge in [-0.3, -0.25) is 9.59 Å². The molecule has 0 saturated carbocycles. The first-order chi connectivity index (χ1) is 14.2. The lowest BCUT2D eigenvalue weighted by molar-refractivity contribution is -0.134. The van der Waals surface area contributed by atoms with E-state index in [9.17, 15) is 9.59 Å². The van der Waals surface area contributed by atoms with Crippen molar-refractivity contribution in [2.24, 2.45) is 0 Å². The second-order valence-corrected chi connectivity index (χ2v) is 8.96. The fourth-order valence-electron chi connectivity index (χ4n) is 2.98. The van der Waals surface area contributed by atoms with E-state index in [2.05, 4.69) is 33.0 Å². The van der Waals surface area contributed by atoms with Crippen molar-refractivity contribution in [1.29, 1.82) is 0 Å². The van der Waals surface area contributed by atoms with Crippen molar-refractivity contribution < 1.29 is 9.59 Å². The molecule has 7 heteroatoms. The molecule has 0 unspecified atom stereocenters. The summed E-state index contributed by atoms with van der Waals surface area (Å²) in [7, 11) is 0. The van der Waals surface area contributed by atoms with Gasteiger partial charge in [0.15, 0.2) is 0 Å². The van der Waals surface area contributed by atoms with E-state index in [1.165, 1.54) is 0 Å². The average molecular weight is 433 g/mol. The summed E-state index contributed by atoms with van der Waals surface area (Å²) in [6, 6.07) is 9.18. The number of unbranched alkanes of at least 4 members (excludes halogenated alkanes) is 1. The van der Waals surface area contributed by atoms with Gasteiger partial charge in [0.2, 0.25) is 11.8 Å². The number of amides is 2. The molecule has 6 nitrogen and oxygen atoms in total. The van der Waals surface area contributed by atoms with Crippen LogP contribution in [-0.4, -0.2) is 39.6 Å². The predicted octanol–water partition coefficient (Wildman–Crippen LogP) is 5.19.